The molecule has 0 fully saturated rings. The predicted octanol–water partition coefficient (Wildman–Crippen LogP) is 3.26. The van der Waals surface area contributed by atoms with Crippen LogP contribution in [0.2, 0.25) is 0 Å². The summed E-state index contributed by atoms with van der Waals surface area (Å²) in [5.74, 6) is 0. The molecule has 1 unspecified atom stereocenters. The zero-order valence-corrected chi connectivity index (χ0v) is 9.59. The van der Waals surface area contributed by atoms with Crippen LogP contribution in [0.4, 0.5) is 0 Å². The number of hydrogen-bond acceptors (Lipinski definition) is 2. The van der Waals surface area contributed by atoms with Crippen molar-refractivity contribution in [3.8, 4) is 0 Å². The van der Waals surface area contributed by atoms with Crippen molar-refractivity contribution < 1.29 is 9.84 Å². The predicted molar refractivity (Wildman–Crippen MR) is 60.1 cm³/mol. The quantitative estimate of drug-likeness (QED) is 0.352. The molecule has 0 rings (SSSR count). The summed E-state index contributed by atoms with van der Waals surface area (Å²) in [5, 5.41) is 9.39. The van der Waals surface area contributed by atoms with Crippen LogP contribution < -0.4 is 0 Å². The molecule has 0 radical (unpaired) electrons. The van der Waals surface area contributed by atoms with E-state index in [0.29, 0.717) is 6.61 Å². The van der Waals surface area contributed by atoms with Gasteiger partial charge in [-0.3, -0.25) is 0 Å². The second kappa shape index (κ2) is 9.22. The molecule has 1 N–H and O–H groups in total. The summed E-state index contributed by atoms with van der Waals surface area (Å²) in [5.41, 5.74) is 0.954. The fourth-order valence-corrected chi connectivity index (χ4v) is 1.24. The highest BCUT2D eigenvalue weighted by molar-refractivity contribution is 4.87. The molecule has 0 aliphatic heterocycles. The molecule has 0 aromatic carbocycles. The zero-order chi connectivity index (χ0) is 10.8. The molecular formula is C12H24O2. The van der Waals surface area contributed by atoms with Crippen LogP contribution in [0.1, 0.15) is 52.4 Å². The van der Waals surface area contributed by atoms with Crippen molar-refractivity contribution in [2.24, 2.45) is 0 Å². The fraction of sp³-hybridized carbons (Fsp3) is 0.833. The number of rotatable bonds is 9. The lowest BCUT2D eigenvalue weighted by Gasteiger charge is -2.11. The molecule has 0 bridgehead atoms. The molecular weight excluding hydrogens is 176 g/mol. The van der Waals surface area contributed by atoms with Gasteiger partial charge >= 0.3 is 0 Å². The van der Waals surface area contributed by atoms with Crippen LogP contribution in [0.15, 0.2) is 12.2 Å². The van der Waals surface area contributed by atoms with Crippen LogP contribution in [0.25, 0.3) is 0 Å². The van der Waals surface area contributed by atoms with Crippen LogP contribution in [-0.4, -0.2) is 18.0 Å². The average Bonchev–Trinajstić information content (AvgIpc) is 2.14. The van der Waals surface area contributed by atoms with Gasteiger partial charge in [0.05, 0.1) is 6.61 Å². The topological polar surface area (TPSA) is 29.5 Å². The maximum absolute atomic E-state index is 9.39. The first-order valence-electron chi connectivity index (χ1n) is 5.61. The Bertz CT molecular complexity index is 143. The maximum Gasteiger partial charge on any atom is 0.154 e. The lowest BCUT2D eigenvalue weighted by Crippen LogP contribution is -2.12. The van der Waals surface area contributed by atoms with Crippen molar-refractivity contribution in [1.82, 2.24) is 0 Å². The van der Waals surface area contributed by atoms with E-state index in [1.807, 2.05) is 6.92 Å². The zero-order valence-electron chi connectivity index (χ0n) is 9.59. The van der Waals surface area contributed by atoms with Gasteiger partial charge in [-0.25, -0.2) is 0 Å². The van der Waals surface area contributed by atoms with E-state index < -0.39 is 6.29 Å². The largest absolute Gasteiger partial charge is 0.368 e. The first-order chi connectivity index (χ1) is 6.66. The van der Waals surface area contributed by atoms with Gasteiger partial charge in [0.1, 0.15) is 0 Å². The Morgan fingerprint density at radius 3 is 2.50 bits per heavy atom. The van der Waals surface area contributed by atoms with Crippen molar-refractivity contribution in [3.05, 3.63) is 12.2 Å². The molecule has 1 atom stereocenters. The van der Waals surface area contributed by atoms with Crippen LogP contribution in [-0.2, 0) is 4.74 Å². The summed E-state index contributed by atoms with van der Waals surface area (Å²) < 4.78 is 5.17. The van der Waals surface area contributed by atoms with E-state index >= 15 is 0 Å². The van der Waals surface area contributed by atoms with Crippen LogP contribution in [0.5, 0.6) is 0 Å². The third-order valence-corrected chi connectivity index (χ3v) is 2.08. The fourth-order valence-electron chi connectivity index (χ4n) is 1.24. The number of ether oxygens (including phenoxy) is 1. The number of aliphatic hydroxyl groups is 1. The summed E-state index contributed by atoms with van der Waals surface area (Å²) in [6.07, 6.45) is 6.21. The third-order valence-electron chi connectivity index (χ3n) is 2.08. The van der Waals surface area contributed by atoms with Gasteiger partial charge in [-0.1, -0.05) is 44.8 Å². The molecule has 2 heteroatoms. The second-order valence-electron chi connectivity index (χ2n) is 3.93. The highest BCUT2D eigenvalue weighted by Crippen LogP contribution is 2.08. The standard InChI is InChI=1S/C12H24O2/c1-4-5-6-7-8-9-12(13)14-10-11(2)3/h12-13H,2,4-10H2,1,3H3. The molecule has 0 aliphatic carbocycles. The van der Waals surface area contributed by atoms with Crippen molar-refractivity contribution in [2.45, 2.75) is 58.7 Å². The van der Waals surface area contributed by atoms with Gasteiger partial charge in [0.25, 0.3) is 0 Å². The Morgan fingerprint density at radius 1 is 1.29 bits per heavy atom. The van der Waals surface area contributed by atoms with Crippen molar-refractivity contribution >= 4 is 0 Å². The Morgan fingerprint density at radius 2 is 1.93 bits per heavy atom. The van der Waals surface area contributed by atoms with E-state index in [1.54, 1.807) is 0 Å². The lowest BCUT2D eigenvalue weighted by atomic mass is 10.1. The summed E-state index contributed by atoms with van der Waals surface area (Å²) in [6, 6.07) is 0. The van der Waals surface area contributed by atoms with Crippen LogP contribution in [0.3, 0.4) is 0 Å². The number of hydrogen-bond donors (Lipinski definition) is 1. The van der Waals surface area contributed by atoms with E-state index in [9.17, 15) is 5.11 Å². The van der Waals surface area contributed by atoms with Crippen LogP contribution >= 0.6 is 0 Å². The average molecular weight is 200 g/mol. The van der Waals surface area contributed by atoms with E-state index in [0.717, 1.165) is 18.4 Å². The first kappa shape index (κ1) is 13.7. The Kier molecular flexibility index (Phi) is 9.00. The lowest BCUT2D eigenvalue weighted by molar-refractivity contribution is -0.0958. The monoisotopic (exact) mass is 200 g/mol. The molecule has 0 saturated heterocycles. The summed E-state index contributed by atoms with van der Waals surface area (Å²) in [6.45, 7) is 8.28. The maximum atomic E-state index is 9.39. The van der Waals surface area contributed by atoms with Gasteiger partial charge in [-0.15, -0.1) is 0 Å². The molecule has 0 aromatic heterocycles. The molecule has 0 amide bonds. The van der Waals surface area contributed by atoms with E-state index in [-0.39, 0.29) is 0 Å². The smallest absolute Gasteiger partial charge is 0.154 e. The Labute approximate surface area is 88.0 Å². The van der Waals surface area contributed by atoms with Gasteiger partial charge in [0.2, 0.25) is 0 Å². The van der Waals surface area contributed by atoms with Crippen LogP contribution in [0, 0.1) is 0 Å². The summed E-state index contributed by atoms with van der Waals surface area (Å²) >= 11 is 0. The Hall–Kier alpha value is -0.340. The SMILES string of the molecule is C=C(C)COC(O)CCCCCCC. The van der Waals surface area contributed by atoms with Gasteiger partial charge in [0.15, 0.2) is 6.29 Å². The van der Waals surface area contributed by atoms with Gasteiger partial charge in [-0.05, 0) is 19.8 Å². The number of aliphatic hydroxyl groups excluding tert-OH is 1. The van der Waals surface area contributed by atoms with Gasteiger partial charge in [0, 0.05) is 0 Å². The molecule has 2 nitrogen and oxygen atoms in total. The minimum atomic E-state index is -0.603. The molecule has 0 aliphatic rings. The van der Waals surface area contributed by atoms with Crippen molar-refractivity contribution in [3.63, 3.8) is 0 Å². The van der Waals surface area contributed by atoms with Gasteiger partial charge < -0.3 is 9.84 Å². The minimum absolute atomic E-state index is 0.468. The molecule has 84 valence electrons. The summed E-state index contributed by atoms with van der Waals surface area (Å²) in [7, 11) is 0. The normalized spacial score (nSPS) is 12.8. The van der Waals surface area contributed by atoms with Gasteiger partial charge in [-0.2, -0.15) is 0 Å². The molecule has 0 heterocycles. The highest BCUT2D eigenvalue weighted by Gasteiger charge is 2.02. The van der Waals surface area contributed by atoms with Crippen molar-refractivity contribution in [2.75, 3.05) is 6.61 Å². The molecule has 0 saturated carbocycles. The highest BCUT2D eigenvalue weighted by atomic mass is 16.6. The summed E-state index contributed by atoms with van der Waals surface area (Å²) in [4.78, 5) is 0. The van der Waals surface area contributed by atoms with E-state index in [4.69, 9.17) is 4.74 Å². The molecule has 14 heavy (non-hydrogen) atoms. The second-order valence-corrected chi connectivity index (χ2v) is 3.93. The molecule has 0 aromatic rings. The Balaban J connectivity index is 3.18. The third kappa shape index (κ3) is 9.75. The van der Waals surface area contributed by atoms with Crippen molar-refractivity contribution in [1.29, 1.82) is 0 Å². The van der Waals surface area contributed by atoms with E-state index in [1.165, 1.54) is 25.7 Å². The molecule has 0 spiro atoms. The first-order valence-corrected chi connectivity index (χ1v) is 5.61. The van der Waals surface area contributed by atoms with E-state index in [2.05, 4.69) is 13.5 Å². The number of unbranched alkanes of at least 4 members (excludes halogenated alkanes) is 4. The minimum Gasteiger partial charge on any atom is -0.368 e.